The molecule has 0 saturated carbocycles. The van der Waals surface area contributed by atoms with E-state index in [4.69, 9.17) is 5.11 Å². The van der Waals surface area contributed by atoms with Gasteiger partial charge in [-0.1, -0.05) is 36.4 Å². The monoisotopic (exact) mass is 479 g/mol. The van der Waals surface area contributed by atoms with Gasteiger partial charge in [0.2, 0.25) is 10.0 Å². The van der Waals surface area contributed by atoms with Crippen molar-refractivity contribution < 1.29 is 31.5 Å². The quantitative estimate of drug-likeness (QED) is 0.556. The summed E-state index contributed by atoms with van der Waals surface area (Å²) in [6, 6.07) is 10.2. The number of hydrogen-bond donors (Lipinski definition) is 2. The van der Waals surface area contributed by atoms with Crippen LogP contribution in [0.2, 0.25) is 0 Å². The predicted molar refractivity (Wildman–Crippen MR) is 113 cm³/mol. The molecule has 2 aromatic carbocycles. The van der Waals surface area contributed by atoms with Crippen molar-refractivity contribution in [1.29, 1.82) is 0 Å². The Morgan fingerprint density at radius 3 is 2.58 bits per heavy atom. The lowest BCUT2D eigenvalue weighted by atomic mass is 9.94. The smallest absolute Gasteiger partial charge is 0.417 e. The number of aliphatic carboxylic acids is 1. The van der Waals surface area contributed by atoms with Crippen molar-refractivity contribution in [1.82, 2.24) is 14.5 Å². The fraction of sp³-hybridized carbons (Fsp3) is 0.273. The van der Waals surface area contributed by atoms with Crippen molar-refractivity contribution in [3.05, 3.63) is 71.5 Å². The van der Waals surface area contributed by atoms with Crippen LogP contribution in [0, 0.1) is 0 Å². The maximum Gasteiger partial charge on any atom is 0.417 e. The molecule has 0 aliphatic heterocycles. The van der Waals surface area contributed by atoms with Crippen LogP contribution in [0.4, 0.5) is 13.2 Å². The summed E-state index contributed by atoms with van der Waals surface area (Å²) in [5.74, 6) is -1.08. The number of sulfonamides is 1. The Morgan fingerprint density at radius 1 is 1.18 bits per heavy atom. The second-order valence-corrected chi connectivity index (χ2v) is 9.45. The molecule has 1 heterocycles. The summed E-state index contributed by atoms with van der Waals surface area (Å²) in [5.41, 5.74) is 0.298. The Morgan fingerprint density at radius 2 is 1.91 bits per heavy atom. The molecule has 0 bridgehead atoms. The van der Waals surface area contributed by atoms with Crippen molar-refractivity contribution in [2.75, 3.05) is 0 Å². The van der Waals surface area contributed by atoms with E-state index in [0.29, 0.717) is 42.1 Å². The summed E-state index contributed by atoms with van der Waals surface area (Å²) in [5, 5.41) is 13.1. The number of carboxylic acid groups (broad SMARTS) is 1. The third kappa shape index (κ3) is 4.79. The molecule has 174 valence electrons. The van der Waals surface area contributed by atoms with E-state index in [0.717, 1.165) is 12.1 Å². The number of benzene rings is 2. The third-order valence-corrected chi connectivity index (χ3v) is 7.01. The van der Waals surface area contributed by atoms with Gasteiger partial charge in [-0.3, -0.25) is 9.48 Å². The molecule has 0 fully saturated rings. The van der Waals surface area contributed by atoms with Crippen molar-refractivity contribution >= 4 is 16.0 Å². The van der Waals surface area contributed by atoms with Gasteiger partial charge in [0.05, 0.1) is 22.7 Å². The zero-order chi connectivity index (χ0) is 23.8. The number of rotatable bonds is 6. The minimum absolute atomic E-state index is 0.114. The number of carbonyl (C=O) groups is 1. The van der Waals surface area contributed by atoms with Gasteiger partial charge in [0, 0.05) is 11.3 Å². The minimum Gasteiger partial charge on any atom is -0.480 e. The number of halogens is 3. The average Bonchev–Trinajstić information content (AvgIpc) is 3.16. The van der Waals surface area contributed by atoms with Crippen molar-refractivity contribution in [2.45, 2.75) is 42.9 Å². The molecule has 1 aromatic heterocycles. The van der Waals surface area contributed by atoms with Gasteiger partial charge in [0.1, 0.15) is 6.54 Å². The Bertz CT molecular complexity index is 1290. The Hall–Kier alpha value is -3.18. The maximum absolute atomic E-state index is 13.8. The first-order chi connectivity index (χ1) is 15.6. The second-order valence-electron chi connectivity index (χ2n) is 7.74. The molecular formula is C22H20F3N3O4S. The molecule has 1 aliphatic carbocycles. The van der Waals surface area contributed by atoms with Crippen LogP contribution in [0.25, 0.3) is 11.1 Å². The van der Waals surface area contributed by atoms with Crippen LogP contribution in [-0.2, 0) is 34.0 Å². The second kappa shape index (κ2) is 8.64. The summed E-state index contributed by atoms with van der Waals surface area (Å²) in [7, 11) is -4.30. The highest BCUT2D eigenvalue weighted by Crippen LogP contribution is 2.39. The van der Waals surface area contributed by atoms with Crippen molar-refractivity contribution in [2.24, 2.45) is 0 Å². The van der Waals surface area contributed by atoms with Crippen LogP contribution in [0.15, 0.2) is 59.6 Å². The average molecular weight is 479 g/mol. The van der Waals surface area contributed by atoms with Gasteiger partial charge in [0.25, 0.3) is 0 Å². The van der Waals surface area contributed by atoms with E-state index in [9.17, 15) is 26.4 Å². The van der Waals surface area contributed by atoms with Crippen LogP contribution < -0.4 is 4.72 Å². The molecule has 1 aliphatic rings. The van der Waals surface area contributed by atoms with Gasteiger partial charge < -0.3 is 5.11 Å². The molecule has 0 amide bonds. The van der Waals surface area contributed by atoms with E-state index >= 15 is 0 Å². The molecule has 11 heteroatoms. The summed E-state index contributed by atoms with van der Waals surface area (Å²) in [6.45, 7) is -0.356. The first-order valence-electron chi connectivity index (χ1n) is 10.1. The molecule has 7 nitrogen and oxygen atoms in total. The molecule has 0 spiro atoms. The van der Waals surface area contributed by atoms with E-state index in [-0.39, 0.29) is 12.1 Å². The van der Waals surface area contributed by atoms with Gasteiger partial charge in [0.15, 0.2) is 0 Å². The van der Waals surface area contributed by atoms with E-state index in [2.05, 4.69) is 9.82 Å². The van der Waals surface area contributed by atoms with Gasteiger partial charge in [-0.2, -0.15) is 18.3 Å². The van der Waals surface area contributed by atoms with E-state index in [1.54, 1.807) is 18.2 Å². The zero-order valence-corrected chi connectivity index (χ0v) is 18.0. The minimum atomic E-state index is -4.76. The van der Waals surface area contributed by atoms with Crippen LogP contribution in [-0.4, -0.2) is 29.3 Å². The molecule has 3 aromatic rings. The van der Waals surface area contributed by atoms with Gasteiger partial charge >= 0.3 is 12.1 Å². The van der Waals surface area contributed by atoms with Crippen LogP contribution >= 0.6 is 0 Å². The number of nitrogens with zero attached hydrogens (tertiary/aromatic N) is 2. The first-order valence-corrected chi connectivity index (χ1v) is 11.6. The first kappa shape index (κ1) is 23.0. The molecule has 2 N–H and O–H groups in total. The van der Waals surface area contributed by atoms with Gasteiger partial charge in [-0.15, -0.1) is 0 Å². The SMILES string of the molecule is O=C(O)Cn1ncc2c1CCCC2NS(=O)(=O)c1ccc(-c2ccccc2)c(C(F)(F)F)c1. The lowest BCUT2D eigenvalue weighted by molar-refractivity contribution is -0.138. The molecule has 1 atom stereocenters. The standard InChI is InChI=1S/C22H20F3N3O4S/c23-22(24,25)18-11-15(9-10-16(18)14-5-2-1-3-6-14)33(31,32)27-19-7-4-8-20-17(19)12-26-28(20)13-21(29)30/h1-3,5-6,9-12,19,27H,4,7-8,13H2,(H,29,30). The Kier molecular flexibility index (Phi) is 6.02. The molecule has 0 radical (unpaired) electrons. The highest BCUT2D eigenvalue weighted by molar-refractivity contribution is 7.89. The predicted octanol–water partition coefficient (Wildman–Crippen LogP) is 4.01. The number of alkyl halides is 3. The van der Waals surface area contributed by atoms with Gasteiger partial charge in [-0.05, 0) is 42.5 Å². The van der Waals surface area contributed by atoms with Crippen molar-refractivity contribution in [3.63, 3.8) is 0 Å². The van der Waals surface area contributed by atoms with E-state index < -0.39 is 38.7 Å². The lowest BCUT2D eigenvalue weighted by Gasteiger charge is -2.24. The van der Waals surface area contributed by atoms with E-state index in [1.807, 2.05) is 0 Å². The largest absolute Gasteiger partial charge is 0.480 e. The fourth-order valence-corrected chi connectivity index (χ4v) is 5.33. The Labute approximate surface area is 187 Å². The molecular weight excluding hydrogens is 459 g/mol. The zero-order valence-electron chi connectivity index (χ0n) is 17.2. The Balaban J connectivity index is 1.68. The maximum atomic E-state index is 13.8. The number of fused-ring (bicyclic) bond motifs is 1. The van der Waals surface area contributed by atoms with Crippen LogP contribution in [0.3, 0.4) is 0 Å². The number of hydrogen-bond acceptors (Lipinski definition) is 4. The highest BCUT2D eigenvalue weighted by atomic mass is 32.2. The highest BCUT2D eigenvalue weighted by Gasteiger charge is 2.36. The van der Waals surface area contributed by atoms with Crippen LogP contribution in [0.1, 0.15) is 35.7 Å². The number of aromatic nitrogens is 2. The van der Waals surface area contributed by atoms with Crippen LogP contribution in [0.5, 0.6) is 0 Å². The number of carboxylic acids is 1. The summed E-state index contributed by atoms with van der Waals surface area (Å²) in [4.78, 5) is 10.5. The summed E-state index contributed by atoms with van der Waals surface area (Å²) >= 11 is 0. The third-order valence-electron chi connectivity index (χ3n) is 5.54. The molecule has 0 saturated heterocycles. The summed E-state index contributed by atoms with van der Waals surface area (Å²) < 4.78 is 71.2. The van der Waals surface area contributed by atoms with Gasteiger partial charge in [-0.25, -0.2) is 13.1 Å². The fourth-order valence-electron chi connectivity index (χ4n) is 4.06. The summed E-state index contributed by atoms with van der Waals surface area (Å²) in [6.07, 6.45) is -1.83. The van der Waals surface area contributed by atoms with Crippen molar-refractivity contribution in [3.8, 4) is 11.1 Å². The molecule has 1 unspecified atom stereocenters. The van der Waals surface area contributed by atoms with E-state index in [1.165, 1.54) is 23.0 Å². The normalized spacial score (nSPS) is 16.4. The molecule has 33 heavy (non-hydrogen) atoms. The molecule has 4 rings (SSSR count). The topological polar surface area (TPSA) is 101 Å². The number of nitrogens with one attached hydrogen (secondary N) is 1. The lowest BCUT2D eigenvalue weighted by Crippen LogP contribution is -2.31.